The summed E-state index contributed by atoms with van der Waals surface area (Å²) in [5, 5.41) is 0. The summed E-state index contributed by atoms with van der Waals surface area (Å²) >= 11 is 1.77. The molecule has 0 amide bonds. The summed E-state index contributed by atoms with van der Waals surface area (Å²) in [5.74, 6) is 0. The van der Waals surface area contributed by atoms with E-state index in [1.807, 2.05) is 0 Å². The SMILES string of the molecule is CCc1ccc(N(c2ccc(CC)cc2)c2ccc(SC)cc2)cc1. The maximum absolute atomic E-state index is 2.32. The standard InChI is InChI=1S/C23H25NS/c1-4-18-6-10-20(11-7-18)24(21-12-8-19(5-2)9-13-21)22-14-16-23(25-3)17-15-22/h6-17H,4-5H2,1-3H3. The molecule has 0 aliphatic heterocycles. The first-order valence-corrected chi connectivity index (χ1v) is 10.1. The molecule has 3 rings (SSSR count). The molecule has 0 spiro atoms. The largest absolute Gasteiger partial charge is 0.311 e. The van der Waals surface area contributed by atoms with Crippen LogP contribution < -0.4 is 4.90 Å². The van der Waals surface area contributed by atoms with Crippen LogP contribution in [0.3, 0.4) is 0 Å². The normalized spacial score (nSPS) is 10.7. The van der Waals surface area contributed by atoms with Gasteiger partial charge in [0.25, 0.3) is 0 Å². The van der Waals surface area contributed by atoms with Crippen LogP contribution in [0.1, 0.15) is 25.0 Å². The summed E-state index contributed by atoms with van der Waals surface area (Å²) in [6, 6.07) is 26.5. The van der Waals surface area contributed by atoms with Crippen LogP contribution >= 0.6 is 11.8 Å². The molecule has 0 atom stereocenters. The fraction of sp³-hybridized carbons (Fsp3) is 0.217. The number of nitrogens with zero attached hydrogens (tertiary/aromatic N) is 1. The maximum Gasteiger partial charge on any atom is 0.0462 e. The second kappa shape index (κ2) is 8.26. The summed E-state index contributed by atoms with van der Waals surface area (Å²) in [6.45, 7) is 4.38. The molecule has 0 radical (unpaired) electrons. The molecule has 0 unspecified atom stereocenters. The number of anilines is 3. The Morgan fingerprint density at radius 1 is 0.600 bits per heavy atom. The molecule has 0 aliphatic carbocycles. The molecule has 1 nitrogen and oxygen atoms in total. The van der Waals surface area contributed by atoms with Crippen molar-refractivity contribution in [3.63, 3.8) is 0 Å². The average Bonchev–Trinajstić information content (AvgIpc) is 2.70. The summed E-state index contributed by atoms with van der Waals surface area (Å²) in [4.78, 5) is 3.61. The Labute approximate surface area is 155 Å². The van der Waals surface area contributed by atoms with Crippen molar-refractivity contribution in [1.82, 2.24) is 0 Å². The highest BCUT2D eigenvalue weighted by Crippen LogP contribution is 2.35. The lowest BCUT2D eigenvalue weighted by atomic mass is 10.1. The minimum Gasteiger partial charge on any atom is -0.311 e. The van der Waals surface area contributed by atoms with E-state index >= 15 is 0 Å². The van der Waals surface area contributed by atoms with E-state index in [0.29, 0.717) is 0 Å². The van der Waals surface area contributed by atoms with E-state index in [2.05, 4.69) is 97.8 Å². The molecule has 0 saturated carbocycles. The maximum atomic E-state index is 2.32. The first-order chi connectivity index (χ1) is 12.2. The van der Waals surface area contributed by atoms with Crippen LogP contribution in [0.15, 0.2) is 77.7 Å². The van der Waals surface area contributed by atoms with Crippen LogP contribution in [-0.4, -0.2) is 6.26 Å². The first-order valence-electron chi connectivity index (χ1n) is 8.87. The Balaban J connectivity index is 2.04. The van der Waals surface area contributed by atoms with Gasteiger partial charge in [-0.05, 0) is 78.8 Å². The summed E-state index contributed by atoms with van der Waals surface area (Å²) in [5.41, 5.74) is 6.30. The lowest BCUT2D eigenvalue weighted by Crippen LogP contribution is -2.10. The molecule has 128 valence electrons. The first kappa shape index (κ1) is 17.6. The minimum atomic E-state index is 1.06. The predicted molar refractivity (Wildman–Crippen MR) is 112 cm³/mol. The monoisotopic (exact) mass is 347 g/mol. The molecule has 0 heterocycles. The van der Waals surface area contributed by atoms with E-state index in [0.717, 1.165) is 12.8 Å². The van der Waals surface area contributed by atoms with E-state index in [-0.39, 0.29) is 0 Å². The minimum absolute atomic E-state index is 1.06. The number of aryl methyl sites for hydroxylation is 2. The molecule has 3 aromatic rings. The van der Waals surface area contributed by atoms with E-state index < -0.39 is 0 Å². The van der Waals surface area contributed by atoms with Crippen molar-refractivity contribution in [1.29, 1.82) is 0 Å². The summed E-state index contributed by atoms with van der Waals surface area (Å²) < 4.78 is 0. The Bertz CT molecular complexity index is 676. The van der Waals surface area contributed by atoms with Gasteiger partial charge >= 0.3 is 0 Å². The van der Waals surface area contributed by atoms with E-state index in [1.165, 1.54) is 33.1 Å². The second-order valence-corrected chi connectivity index (χ2v) is 6.95. The molecule has 0 saturated heterocycles. The molecule has 25 heavy (non-hydrogen) atoms. The summed E-state index contributed by atoms with van der Waals surface area (Å²) in [6.07, 6.45) is 4.24. The molecule has 0 aromatic heterocycles. The van der Waals surface area contributed by atoms with Crippen LogP contribution in [-0.2, 0) is 12.8 Å². The van der Waals surface area contributed by atoms with Gasteiger partial charge in [0.15, 0.2) is 0 Å². The highest BCUT2D eigenvalue weighted by molar-refractivity contribution is 7.98. The van der Waals surface area contributed by atoms with Crippen molar-refractivity contribution in [2.45, 2.75) is 31.6 Å². The van der Waals surface area contributed by atoms with E-state index in [9.17, 15) is 0 Å². The average molecular weight is 348 g/mol. The Kier molecular flexibility index (Phi) is 5.83. The van der Waals surface area contributed by atoms with Gasteiger partial charge in [0, 0.05) is 22.0 Å². The summed E-state index contributed by atoms with van der Waals surface area (Å²) in [7, 11) is 0. The second-order valence-electron chi connectivity index (χ2n) is 6.07. The molecule has 0 N–H and O–H groups in total. The zero-order valence-corrected chi connectivity index (χ0v) is 16.0. The highest BCUT2D eigenvalue weighted by atomic mass is 32.2. The van der Waals surface area contributed by atoms with Crippen molar-refractivity contribution in [3.05, 3.63) is 83.9 Å². The quantitative estimate of drug-likeness (QED) is 0.441. The molecular weight excluding hydrogens is 322 g/mol. The van der Waals surface area contributed by atoms with Crippen LogP contribution in [0, 0.1) is 0 Å². The molecule has 2 heteroatoms. The van der Waals surface area contributed by atoms with Gasteiger partial charge in [0.1, 0.15) is 0 Å². The number of rotatable bonds is 6. The molecule has 3 aromatic carbocycles. The lowest BCUT2D eigenvalue weighted by Gasteiger charge is -2.26. The third-order valence-corrected chi connectivity index (χ3v) is 5.28. The predicted octanol–water partition coefficient (Wildman–Crippen LogP) is 7.00. The van der Waals surface area contributed by atoms with Crippen molar-refractivity contribution >= 4 is 28.8 Å². The fourth-order valence-corrected chi connectivity index (χ4v) is 3.35. The van der Waals surface area contributed by atoms with Crippen molar-refractivity contribution < 1.29 is 0 Å². The molecule has 0 bridgehead atoms. The molecule has 0 fully saturated rings. The lowest BCUT2D eigenvalue weighted by molar-refractivity contribution is 1.13. The van der Waals surface area contributed by atoms with Crippen molar-refractivity contribution in [3.8, 4) is 0 Å². The van der Waals surface area contributed by atoms with E-state index in [1.54, 1.807) is 11.8 Å². The molecular formula is C23H25NS. The van der Waals surface area contributed by atoms with Crippen LogP contribution in [0.2, 0.25) is 0 Å². The Morgan fingerprint density at radius 2 is 0.960 bits per heavy atom. The number of hydrogen-bond donors (Lipinski definition) is 0. The van der Waals surface area contributed by atoms with Crippen molar-refractivity contribution in [2.24, 2.45) is 0 Å². The van der Waals surface area contributed by atoms with Crippen molar-refractivity contribution in [2.75, 3.05) is 11.2 Å². The van der Waals surface area contributed by atoms with Gasteiger partial charge in [-0.2, -0.15) is 0 Å². The zero-order valence-electron chi connectivity index (χ0n) is 15.2. The van der Waals surface area contributed by atoms with E-state index in [4.69, 9.17) is 0 Å². The smallest absolute Gasteiger partial charge is 0.0462 e. The number of hydrogen-bond acceptors (Lipinski definition) is 2. The fourth-order valence-electron chi connectivity index (χ4n) is 2.94. The number of thioether (sulfide) groups is 1. The van der Waals surface area contributed by atoms with Gasteiger partial charge in [-0.3, -0.25) is 0 Å². The van der Waals surface area contributed by atoms with Gasteiger partial charge in [0.05, 0.1) is 0 Å². The van der Waals surface area contributed by atoms with Crippen LogP contribution in [0.25, 0.3) is 0 Å². The van der Waals surface area contributed by atoms with Crippen LogP contribution in [0.5, 0.6) is 0 Å². The topological polar surface area (TPSA) is 3.24 Å². The van der Waals surface area contributed by atoms with Gasteiger partial charge in [-0.25, -0.2) is 0 Å². The zero-order chi connectivity index (χ0) is 17.6. The highest BCUT2D eigenvalue weighted by Gasteiger charge is 2.12. The Morgan fingerprint density at radius 3 is 1.28 bits per heavy atom. The Hall–Kier alpha value is -2.19. The van der Waals surface area contributed by atoms with Gasteiger partial charge < -0.3 is 4.90 Å². The van der Waals surface area contributed by atoms with Gasteiger partial charge in [0.2, 0.25) is 0 Å². The van der Waals surface area contributed by atoms with Crippen LogP contribution in [0.4, 0.5) is 17.1 Å². The number of benzene rings is 3. The third kappa shape index (κ3) is 4.08. The van der Waals surface area contributed by atoms with Gasteiger partial charge in [-0.1, -0.05) is 38.1 Å². The van der Waals surface area contributed by atoms with Gasteiger partial charge in [-0.15, -0.1) is 11.8 Å². The molecule has 0 aliphatic rings. The third-order valence-electron chi connectivity index (χ3n) is 4.54.